The zero-order chi connectivity index (χ0) is 16.9. The lowest BCUT2D eigenvalue weighted by Gasteiger charge is -2.39. The molecule has 0 saturated heterocycles. The summed E-state index contributed by atoms with van der Waals surface area (Å²) in [6, 6.07) is 10.9. The minimum Gasteiger partial charge on any atom is -0.414 e. The highest BCUT2D eigenvalue weighted by atomic mass is 28.4. The molecule has 2 rings (SSSR count). The van der Waals surface area contributed by atoms with Crippen LogP contribution in [0.4, 0.5) is 0 Å². The summed E-state index contributed by atoms with van der Waals surface area (Å²) in [7, 11) is -1.63. The van der Waals surface area contributed by atoms with Crippen LogP contribution in [0.3, 0.4) is 0 Å². The molecule has 0 aromatic heterocycles. The predicted molar refractivity (Wildman–Crippen MR) is 103 cm³/mol. The molecule has 1 aromatic carbocycles. The Kier molecular flexibility index (Phi) is 6.27. The van der Waals surface area contributed by atoms with E-state index in [9.17, 15) is 0 Å². The maximum Gasteiger partial charge on any atom is 0.192 e. The molecule has 128 valence electrons. The first-order valence-corrected chi connectivity index (χ1v) is 12.1. The molecule has 0 aliphatic heterocycles. The first kappa shape index (κ1) is 18.5. The van der Waals surface area contributed by atoms with Gasteiger partial charge in [-0.3, -0.25) is 0 Å². The molecule has 0 bridgehead atoms. The van der Waals surface area contributed by atoms with E-state index in [-0.39, 0.29) is 0 Å². The van der Waals surface area contributed by atoms with Crippen LogP contribution in [-0.4, -0.2) is 14.4 Å². The highest BCUT2D eigenvalue weighted by molar-refractivity contribution is 6.74. The van der Waals surface area contributed by atoms with E-state index in [0.717, 1.165) is 6.42 Å². The van der Waals surface area contributed by atoms with Gasteiger partial charge >= 0.3 is 0 Å². The molecular formula is C21H34OSi. The van der Waals surface area contributed by atoms with E-state index in [1.165, 1.54) is 37.7 Å². The van der Waals surface area contributed by atoms with Gasteiger partial charge in [0.15, 0.2) is 8.32 Å². The van der Waals surface area contributed by atoms with Crippen LogP contribution in [0.25, 0.3) is 0 Å². The third kappa shape index (κ3) is 5.61. The van der Waals surface area contributed by atoms with E-state index < -0.39 is 8.32 Å². The third-order valence-corrected chi connectivity index (χ3v) is 10.0. The van der Waals surface area contributed by atoms with Gasteiger partial charge in [-0.2, -0.15) is 0 Å². The molecule has 0 heterocycles. The molecule has 1 aromatic rings. The molecule has 0 spiro atoms. The summed E-state index contributed by atoms with van der Waals surface area (Å²) in [4.78, 5) is 0. The van der Waals surface area contributed by atoms with Crippen LogP contribution < -0.4 is 0 Å². The fraction of sp³-hybridized carbons (Fsp3) is 0.619. The average molecular weight is 331 g/mol. The summed E-state index contributed by atoms with van der Waals surface area (Å²) in [5.74, 6) is 0. The second kappa shape index (κ2) is 7.81. The molecule has 0 amide bonds. The molecule has 1 aliphatic rings. The molecular weight excluding hydrogens is 296 g/mol. The van der Waals surface area contributed by atoms with Crippen molar-refractivity contribution in [1.82, 2.24) is 0 Å². The van der Waals surface area contributed by atoms with Crippen molar-refractivity contribution in [3.63, 3.8) is 0 Å². The van der Waals surface area contributed by atoms with Crippen molar-refractivity contribution in [3.8, 4) is 0 Å². The molecule has 1 atom stereocenters. The van der Waals surface area contributed by atoms with Gasteiger partial charge in [-0.05, 0) is 62.2 Å². The Hall–Kier alpha value is -0.863. The van der Waals surface area contributed by atoms with Gasteiger partial charge in [0.1, 0.15) is 0 Å². The summed E-state index contributed by atoms with van der Waals surface area (Å²) in [5.41, 5.74) is 3.05. The van der Waals surface area contributed by atoms with Crippen LogP contribution in [0, 0.1) is 0 Å². The fourth-order valence-corrected chi connectivity index (χ4v) is 4.43. The second-order valence-electron chi connectivity index (χ2n) is 8.49. The molecule has 0 fully saturated rings. The van der Waals surface area contributed by atoms with Crippen molar-refractivity contribution in [2.75, 3.05) is 0 Å². The summed E-state index contributed by atoms with van der Waals surface area (Å²) < 4.78 is 6.64. The molecule has 23 heavy (non-hydrogen) atoms. The Morgan fingerprint density at radius 1 is 1.09 bits per heavy atom. The number of allylic oxidation sites excluding steroid dienone is 2. The fourth-order valence-electron chi connectivity index (χ4n) is 3.01. The van der Waals surface area contributed by atoms with E-state index in [4.69, 9.17) is 4.43 Å². The van der Waals surface area contributed by atoms with Gasteiger partial charge in [-0.15, -0.1) is 0 Å². The van der Waals surface area contributed by atoms with Crippen molar-refractivity contribution in [1.29, 1.82) is 0 Å². The average Bonchev–Trinajstić information content (AvgIpc) is 2.43. The van der Waals surface area contributed by atoms with E-state index in [0.29, 0.717) is 11.1 Å². The van der Waals surface area contributed by atoms with Crippen LogP contribution in [0.1, 0.15) is 58.4 Å². The SMILES string of the molecule is CC(C)(C)[Si](C)(C)OC1CCC=C(Cc2ccccc2)CCC1. The molecule has 0 radical (unpaired) electrons. The summed E-state index contributed by atoms with van der Waals surface area (Å²) >= 11 is 0. The van der Waals surface area contributed by atoms with Gasteiger partial charge in [0, 0.05) is 6.10 Å². The molecule has 1 nitrogen and oxygen atoms in total. The van der Waals surface area contributed by atoms with Gasteiger partial charge in [0.05, 0.1) is 0 Å². The standard InChI is InChI=1S/C21H34OSi/c1-21(2,3)23(4,5)22-20-15-9-13-19(14-10-16-20)17-18-11-7-6-8-12-18/h6-8,11-13,20H,9-10,14-17H2,1-5H3. The van der Waals surface area contributed by atoms with Crippen LogP contribution in [0.15, 0.2) is 42.0 Å². The largest absolute Gasteiger partial charge is 0.414 e. The first-order valence-electron chi connectivity index (χ1n) is 9.17. The summed E-state index contributed by atoms with van der Waals surface area (Å²) in [6.45, 7) is 11.8. The highest BCUT2D eigenvalue weighted by Crippen LogP contribution is 2.38. The van der Waals surface area contributed by atoms with E-state index in [2.05, 4.69) is 70.3 Å². The Bertz CT molecular complexity index is 510. The number of rotatable bonds is 4. The van der Waals surface area contributed by atoms with E-state index in [1.54, 1.807) is 5.57 Å². The smallest absolute Gasteiger partial charge is 0.192 e. The lowest BCUT2D eigenvalue weighted by atomic mass is 9.94. The summed E-state index contributed by atoms with van der Waals surface area (Å²) in [6.07, 6.45) is 10.1. The molecule has 1 unspecified atom stereocenters. The van der Waals surface area contributed by atoms with Crippen LogP contribution in [0.2, 0.25) is 18.1 Å². The zero-order valence-electron chi connectivity index (χ0n) is 15.7. The lowest BCUT2D eigenvalue weighted by molar-refractivity contribution is 0.158. The van der Waals surface area contributed by atoms with Crippen molar-refractivity contribution in [2.45, 2.75) is 83.5 Å². The van der Waals surface area contributed by atoms with Crippen molar-refractivity contribution < 1.29 is 4.43 Å². The maximum absolute atomic E-state index is 6.64. The Morgan fingerprint density at radius 3 is 2.43 bits per heavy atom. The molecule has 0 saturated carbocycles. The van der Waals surface area contributed by atoms with Crippen molar-refractivity contribution in [2.24, 2.45) is 0 Å². The monoisotopic (exact) mass is 330 g/mol. The predicted octanol–water partition coefficient (Wildman–Crippen LogP) is 6.51. The molecule has 2 heteroatoms. The van der Waals surface area contributed by atoms with Gasteiger partial charge in [0.2, 0.25) is 0 Å². The Balaban J connectivity index is 1.91. The lowest BCUT2D eigenvalue weighted by Crippen LogP contribution is -2.44. The number of hydrogen-bond acceptors (Lipinski definition) is 1. The summed E-state index contributed by atoms with van der Waals surface area (Å²) in [5, 5.41) is 0.309. The van der Waals surface area contributed by atoms with E-state index in [1.807, 2.05) is 0 Å². The number of benzene rings is 1. The topological polar surface area (TPSA) is 9.23 Å². The van der Waals surface area contributed by atoms with Gasteiger partial charge < -0.3 is 4.43 Å². The van der Waals surface area contributed by atoms with Crippen molar-refractivity contribution in [3.05, 3.63) is 47.5 Å². The molecule has 0 N–H and O–H groups in total. The minimum atomic E-state index is -1.63. The van der Waals surface area contributed by atoms with Crippen LogP contribution in [0.5, 0.6) is 0 Å². The maximum atomic E-state index is 6.64. The van der Waals surface area contributed by atoms with Gasteiger partial charge in [-0.1, -0.05) is 62.8 Å². The highest BCUT2D eigenvalue weighted by Gasteiger charge is 2.38. The number of hydrogen-bond donors (Lipinski definition) is 0. The van der Waals surface area contributed by atoms with E-state index >= 15 is 0 Å². The van der Waals surface area contributed by atoms with Crippen LogP contribution >= 0.6 is 0 Å². The quantitative estimate of drug-likeness (QED) is 0.451. The second-order valence-corrected chi connectivity index (χ2v) is 13.3. The van der Waals surface area contributed by atoms with Crippen LogP contribution in [-0.2, 0) is 10.8 Å². The first-order chi connectivity index (χ1) is 10.8. The minimum absolute atomic E-state index is 0.309. The normalized spacial score (nSPS) is 20.6. The van der Waals surface area contributed by atoms with Crippen molar-refractivity contribution >= 4 is 8.32 Å². The zero-order valence-corrected chi connectivity index (χ0v) is 16.7. The Morgan fingerprint density at radius 2 is 1.78 bits per heavy atom. The van der Waals surface area contributed by atoms with Gasteiger partial charge in [-0.25, -0.2) is 0 Å². The molecule has 1 aliphatic carbocycles. The third-order valence-electron chi connectivity index (χ3n) is 5.49. The van der Waals surface area contributed by atoms with Gasteiger partial charge in [0.25, 0.3) is 0 Å². The Labute approximate surface area is 144 Å².